The number of aromatic nitrogens is 2. The van der Waals surface area contributed by atoms with Gasteiger partial charge in [-0.05, 0) is 42.3 Å². The van der Waals surface area contributed by atoms with Gasteiger partial charge in [-0.2, -0.15) is 0 Å². The summed E-state index contributed by atoms with van der Waals surface area (Å²) in [5.74, 6) is -1.36. The molecule has 3 rings (SSSR count). The van der Waals surface area contributed by atoms with E-state index in [1.165, 1.54) is 0 Å². The monoisotopic (exact) mass is 336 g/mol. The van der Waals surface area contributed by atoms with Gasteiger partial charge in [0.05, 0.1) is 0 Å². The minimum absolute atomic E-state index is 0.263. The van der Waals surface area contributed by atoms with Crippen LogP contribution < -0.4 is 10.6 Å². The lowest BCUT2D eigenvalue weighted by Gasteiger charge is -2.08. The van der Waals surface area contributed by atoms with Gasteiger partial charge in [0.1, 0.15) is 0 Å². The molecule has 2 N–H and O–H groups in total. The first-order valence-electron chi connectivity index (χ1n) is 8.24. The van der Waals surface area contributed by atoms with E-state index >= 15 is 0 Å². The second-order valence-electron chi connectivity index (χ2n) is 5.78. The fourth-order valence-electron chi connectivity index (χ4n) is 2.67. The van der Waals surface area contributed by atoms with Crippen LogP contribution in [0, 0.1) is 0 Å². The first kappa shape index (κ1) is 16.7. The minimum Gasteiger partial charge on any atom is -0.347 e. The molecule has 0 radical (unpaired) electrons. The molecule has 2 amide bonds. The fraction of sp³-hybridized carbons (Fsp3) is 0.211. The molecule has 0 aliphatic heterocycles. The number of carbonyl (C=O) groups is 2. The SMILES string of the molecule is CCCn1ccc2cc(NC(=O)C(=O)NCc3cccnc3)ccc21. The van der Waals surface area contributed by atoms with E-state index in [1.54, 1.807) is 24.5 Å². The maximum absolute atomic E-state index is 12.0. The van der Waals surface area contributed by atoms with Crippen molar-refractivity contribution in [3.63, 3.8) is 0 Å². The summed E-state index contributed by atoms with van der Waals surface area (Å²) in [6.07, 6.45) is 6.38. The summed E-state index contributed by atoms with van der Waals surface area (Å²) in [5, 5.41) is 6.25. The Bertz CT molecular complexity index is 887. The Balaban J connectivity index is 1.62. The molecule has 6 nitrogen and oxygen atoms in total. The van der Waals surface area contributed by atoms with Gasteiger partial charge in [-0.15, -0.1) is 0 Å². The Morgan fingerprint density at radius 3 is 2.80 bits per heavy atom. The first-order valence-corrected chi connectivity index (χ1v) is 8.24. The highest BCUT2D eigenvalue weighted by molar-refractivity contribution is 6.39. The predicted octanol–water partition coefficient (Wildman–Crippen LogP) is 2.70. The van der Waals surface area contributed by atoms with Crippen LogP contribution in [0.25, 0.3) is 10.9 Å². The average molecular weight is 336 g/mol. The molecule has 0 fully saturated rings. The van der Waals surface area contributed by atoms with E-state index in [1.807, 2.05) is 30.5 Å². The largest absolute Gasteiger partial charge is 0.347 e. The number of nitrogens with one attached hydrogen (secondary N) is 2. The molecule has 6 heteroatoms. The molecule has 128 valence electrons. The second-order valence-corrected chi connectivity index (χ2v) is 5.78. The van der Waals surface area contributed by atoms with Crippen molar-refractivity contribution in [1.29, 1.82) is 0 Å². The third-order valence-corrected chi connectivity index (χ3v) is 3.88. The van der Waals surface area contributed by atoms with E-state index in [9.17, 15) is 9.59 Å². The number of hydrogen-bond acceptors (Lipinski definition) is 3. The maximum Gasteiger partial charge on any atom is 0.313 e. The Morgan fingerprint density at radius 2 is 2.04 bits per heavy atom. The number of amides is 2. The quantitative estimate of drug-likeness (QED) is 0.703. The lowest BCUT2D eigenvalue weighted by Crippen LogP contribution is -2.34. The Labute approximate surface area is 145 Å². The number of rotatable bonds is 5. The summed E-state index contributed by atoms with van der Waals surface area (Å²) in [6, 6.07) is 11.2. The van der Waals surface area contributed by atoms with Crippen molar-refractivity contribution >= 4 is 28.4 Å². The third kappa shape index (κ3) is 4.03. The van der Waals surface area contributed by atoms with Crippen LogP contribution in [-0.2, 0) is 22.7 Å². The molecule has 0 bridgehead atoms. The van der Waals surface area contributed by atoms with Crippen LogP contribution in [0.4, 0.5) is 5.69 Å². The smallest absolute Gasteiger partial charge is 0.313 e. The number of nitrogens with zero attached hydrogens (tertiary/aromatic N) is 2. The molecule has 2 heterocycles. The van der Waals surface area contributed by atoms with Crippen molar-refractivity contribution < 1.29 is 9.59 Å². The van der Waals surface area contributed by atoms with Crippen LogP contribution in [0.3, 0.4) is 0 Å². The number of pyridine rings is 1. The fourth-order valence-corrected chi connectivity index (χ4v) is 2.67. The summed E-state index contributed by atoms with van der Waals surface area (Å²) in [4.78, 5) is 27.9. The van der Waals surface area contributed by atoms with Crippen LogP contribution in [0.1, 0.15) is 18.9 Å². The summed E-state index contributed by atoms with van der Waals surface area (Å²) in [6.45, 7) is 3.34. The Hall–Kier alpha value is -3.15. The average Bonchev–Trinajstić information content (AvgIpc) is 3.03. The molecule has 0 aliphatic rings. The summed E-state index contributed by atoms with van der Waals surface area (Å²) in [7, 11) is 0. The molecule has 0 atom stereocenters. The third-order valence-electron chi connectivity index (χ3n) is 3.88. The van der Waals surface area contributed by atoms with Gasteiger partial charge in [-0.1, -0.05) is 13.0 Å². The number of anilines is 1. The van der Waals surface area contributed by atoms with Gasteiger partial charge >= 0.3 is 11.8 Å². The van der Waals surface area contributed by atoms with Crippen LogP contribution in [0.2, 0.25) is 0 Å². The standard InChI is InChI=1S/C19H20N4O2/c1-2-9-23-10-7-15-11-16(5-6-17(15)23)22-19(25)18(24)21-13-14-4-3-8-20-12-14/h3-8,10-12H,2,9,13H2,1H3,(H,21,24)(H,22,25). The number of carbonyl (C=O) groups excluding carboxylic acids is 2. The zero-order valence-electron chi connectivity index (χ0n) is 14.0. The van der Waals surface area contributed by atoms with Crippen LogP contribution in [0.5, 0.6) is 0 Å². The normalized spacial score (nSPS) is 10.6. The van der Waals surface area contributed by atoms with Gasteiger partial charge < -0.3 is 15.2 Å². The van der Waals surface area contributed by atoms with E-state index in [0.29, 0.717) is 5.69 Å². The minimum atomic E-state index is -0.684. The number of benzene rings is 1. The van der Waals surface area contributed by atoms with Crippen LogP contribution >= 0.6 is 0 Å². The molecule has 0 aliphatic carbocycles. The Kier molecular flexibility index (Phi) is 5.09. The van der Waals surface area contributed by atoms with Crippen molar-refractivity contribution in [2.75, 3.05) is 5.32 Å². The molecular formula is C19H20N4O2. The zero-order valence-corrected chi connectivity index (χ0v) is 14.0. The van der Waals surface area contributed by atoms with Crippen molar-refractivity contribution in [2.24, 2.45) is 0 Å². The molecule has 0 saturated carbocycles. The van der Waals surface area contributed by atoms with Crippen molar-refractivity contribution in [3.05, 3.63) is 60.6 Å². The van der Waals surface area contributed by atoms with E-state index in [4.69, 9.17) is 0 Å². The molecule has 0 saturated heterocycles. The van der Waals surface area contributed by atoms with Gasteiger partial charge in [-0.3, -0.25) is 14.6 Å². The number of aryl methyl sites for hydroxylation is 1. The molecule has 3 aromatic rings. The van der Waals surface area contributed by atoms with Crippen molar-refractivity contribution in [3.8, 4) is 0 Å². The highest BCUT2D eigenvalue weighted by Crippen LogP contribution is 2.20. The number of fused-ring (bicyclic) bond motifs is 1. The van der Waals surface area contributed by atoms with Crippen LogP contribution in [-0.4, -0.2) is 21.4 Å². The van der Waals surface area contributed by atoms with Gasteiger partial charge in [-0.25, -0.2) is 0 Å². The van der Waals surface area contributed by atoms with E-state index in [-0.39, 0.29) is 6.54 Å². The predicted molar refractivity (Wildman–Crippen MR) is 96.9 cm³/mol. The van der Waals surface area contributed by atoms with E-state index < -0.39 is 11.8 Å². The Morgan fingerprint density at radius 1 is 1.16 bits per heavy atom. The zero-order chi connectivity index (χ0) is 17.6. The van der Waals surface area contributed by atoms with E-state index in [2.05, 4.69) is 27.1 Å². The molecular weight excluding hydrogens is 316 g/mol. The first-order chi connectivity index (χ1) is 12.2. The van der Waals surface area contributed by atoms with Gasteiger partial charge in [0.2, 0.25) is 0 Å². The van der Waals surface area contributed by atoms with Crippen LogP contribution in [0.15, 0.2) is 55.0 Å². The summed E-state index contributed by atoms with van der Waals surface area (Å²) < 4.78 is 2.17. The lowest BCUT2D eigenvalue weighted by molar-refractivity contribution is -0.136. The molecule has 25 heavy (non-hydrogen) atoms. The van der Waals surface area contributed by atoms with Crippen molar-refractivity contribution in [1.82, 2.24) is 14.9 Å². The second kappa shape index (κ2) is 7.61. The van der Waals surface area contributed by atoms with Crippen molar-refractivity contribution in [2.45, 2.75) is 26.4 Å². The molecule has 2 aromatic heterocycles. The highest BCUT2D eigenvalue weighted by atomic mass is 16.2. The highest BCUT2D eigenvalue weighted by Gasteiger charge is 2.14. The number of hydrogen-bond donors (Lipinski definition) is 2. The van der Waals surface area contributed by atoms with Gasteiger partial charge in [0.25, 0.3) is 0 Å². The topological polar surface area (TPSA) is 76.0 Å². The van der Waals surface area contributed by atoms with E-state index in [0.717, 1.165) is 29.4 Å². The molecule has 0 spiro atoms. The summed E-state index contributed by atoms with van der Waals surface area (Å²) >= 11 is 0. The van der Waals surface area contributed by atoms with Gasteiger partial charge in [0, 0.05) is 48.3 Å². The molecule has 1 aromatic carbocycles. The molecule has 0 unspecified atom stereocenters. The maximum atomic E-state index is 12.0. The lowest BCUT2D eigenvalue weighted by atomic mass is 10.2. The van der Waals surface area contributed by atoms with Gasteiger partial charge in [0.15, 0.2) is 0 Å². The summed E-state index contributed by atoms with van der Waals surface area (Å²) in [5.41, 5.74) is 2.55.